The van der Waals surface area contributed by atoms with Crippen LogP contribution in [-0.4, -0.2) is 35.1 Å². The van der Waals surface area contributed by atoms with Crippen molar-refractivity contribution in [2.75, 3.05) is 13.1 Å². The molecule has 1 N–H and O–H groups in total. The van der Waals surface area contributed by atoms with Crippen molar-refractivity contribution in [2.24, 2.45) is 0 Å². The van der Waals surface area contributed by atoms with E-state index in [9.17, 15) is 14.3 Å². The number of aliphatic hydroxyl groups is 1. The van der Waals surface area contributed by atoms with Gasteiger partial charge in [0.15, 0.2) is 0 Å². The molecule has 0 aromatic heterocycles. The molecule has 1 heterocycles. The molecule has 17 heavy (non-hydrogen) atoms. The van der Waals surface area contributed by atoms with Gasteiger partial charge < -0.3 is 10.0 Å². The zero-order valence-electron chi connectivity index (χ0n) is 9.60. The van der Waals surface area contributed by atoms with Crippen LogP contribution in [0.5, 0.6) is 0 Å². The van der Waals surface area contributed by atoms with E-state index in [1.165, 1.54) is 6.07 Å². The number of hydrogen-bond donors (Lipinski definition) is 1. The summed E-state index contributed by atoms with van der Waals surface area (Å²) in [7, 11) is 0. The second-order valence-corrected chi connectivity index (χ2v) is 4.40. The van der Waals surface area contributed by atoms with Crippen molar-refractivity contribution in [3.05, 3.63) is 35.6 Å². The number of carbonyl (C=O) groups is 1. The van der Waals surface area contributed by atoms with Crippen LogP contribution >= 0.6 is 0 Å². The summed E-state index contributed by atoms with van der Waals surface area (Å²) < 4.78 is 13.4. The van der Waals surface area contributed by atoms with Crippen LogP contribution in [0.4, 0.5) is 4.39 Å². The smallest absolute Gasteiger partial charge is 0.227 e. The summed E-state index contributed by atoms with van der Waals surface area (Å²) in [6.07, 6.45) is 1.18. The minimum Gasteiger partial charge on any atom is -0.391 e. The quantitative estimate of drug-likeness (QED) is 0.843. The highest BCUT2D eigenvalue weighted by Gasteiger charge is 2.22. The molecule has 0 unspecified atom stereocenters. The third kappa shape index (κ3) is 3.03. The van der Waals surface area contributed by atoms with E-state index in [1.54, 1.807) is 23.1 Å². The lowest BCUT2D eigenvalue weighted by molar-refractivity contribution is -0.133. The number of benzene rings is 1. The van der Waals surface area contributed by atoms with E-state index < -0.39 is 6.10 Å². The van der Waals surface area contributed by atoms with E-state index in [4.69, 9.17) is 0 Å². The lowest BCUT2D eigenvalue weighted by atomic mass is 10.1. The van der Waals surface area contributed by atoms with Crippen molar-refractivity contribution in [3.63, 3.8) is 0 Å². The van der Waals surface area contributed by atoms with Gasteiger partial charge in [0.25, 0.3) is 0 Å². The SMILES string of the molecule is O=C(Cc1ccccc1F)N1CCC[C@H](O)C1. The predicted molar refractivity (Wildman–Crippen MR) is 61.9 cm³/mol. The number of rotatable bonds is 2. The van der Waals surface area contributed by atoms with Crippen LogP contribution in [0.25, 0.3) is 0 Å². The molecule has 2 rings (SSSR count). The Morgan fingerprint density at radius 2 is 2.24 bits per heavy atom. The van der Waals surface area contributed by atoms with Gasteiger partial charge in [-0.25, -0.2) is 4.39 Å². The number of piperidine rings is 1. The number of aliphatic hydroxyl groups excluding tert-OH is 1. The standard InChI is InChI=1S/C13H16FNO2/c14-12-6-2-1-4-10(12)8-13(17)15-7-3-5-11(16)9-15/h1-2,4,6,11,16H,3,5,7-9H2/t11-/m0/s1. The molecule has 1 aromatic rings. The molecule has 3 nitrogen and oxygen atoms in total. The third-order valence-corrected chi connectivity index (χ3v) is 3.05. The summed E-state index contributed by atoms with van der Waals surface area (Å²) in [5.74, 6) is -0.466. The first-order valence-corrected chi connectivity index (χ1v) is 5.86. The molecule has 4 heteroatoms. The molecule has 1 atom stereocenters. The normalized spacial score (nSPS) is 20.4. The molecule has 1 amide bonds. The molecule has 92 valence electrons. The first kappa shape index (κ1) is 12.0. The van der Waals surface area contributed by atoms with Gasteiger partial charge in [0.1, 0.15) is 5.82 Å². The fourth-order valence-electron chi connectivity index (χ4n) is 2.10. The molecule has 1 aromatic carbocycles. The van der Waals surface area contributed by atoms with Crippen LogP contribution in [-0.2, 0) is 11.2 Å². The zero-order chi connectivity index (χ0) is 12.3. The summed E-state index contributed by atoms with van der Waals surface area (Å²) in [4.78, 5) is 13.5. The number of amides is 1. The molecule has 0 radical (unpaired) electrons. The van der Waals surface area contributed by atoms with Gasteiger partial charge in [0, 0.05) is 13.1 Å². The van der Waals surface area contributed by atoms with E-state index in [0.29, 0.717) is 18.7 Å². The van der Waals surface area contributed by atoms with Crippen molar-refractivity contribution >= 4 is 5.91 Å². The molecule has 0 saturated carbocycles. The Hall–Kier alpha value is -1.42. The van der Waals surface area contributed by atoms with E-state index in [1.807, 2.05) is 0 Å². The maximum atomic E-state index is 13.4. The molecular formula is C13H16FNO2. The fourth-order valence-corrected chi connectivity index (χ4v) is 2.10. The predicted octanol–water partition coefficient (Wildman–Crippen LogP) is 1.35. The second kappa shape index (κ2) is 5.27. The molecule has 1 aliphatic heterocycles. The summed E-state index contributed by atoms with van der Waals surface area (Å²) in [5.41, 5.74) is 0.414. The van der Waals surface area contributed by atoms with Crippen molar-refractivity contribution in [1.29, 1.82) is 0 Å². The van der Waals surface area contributed by atoms with E-state index in [-0.39, 0.29) is 18.1 Å². The highest BCUT2D eigenvalue weighted by atomic mass is 19.1. The molecule has 0 aliphatic carbocycles. The number of β-amino-alcohol motifs (C(OH)–C–C–N with tert-alkyl or cyclic N) is 1. The Bertz CT molecular complexity index is 408. The number of carbonyl (C=O) groups excluding carboxylic acids is 1. The average Bonchev–Trinajstić information content (AvgIpc) is 2.32. The largest absolute Gasteiger partial charge is 0.391 e. The lowest BCUT2D eigenvalue weighted by Gasteiger charge is -2.30. The van der Waals surface area contributed by atoms with Crippen LogP contribution in [0, 0.1) is 5.82 Å². The summed E-state index contributed by atoms with van der Waals surface area (Å²) in [6, 6.07) is 6.30. The molecule has 1 saturated heterocycles. The monoisotopic (exact) mass is 237 g/mol. The van der Waals surface area contributed by atoms with Crippen LogP contribution in [0.1, 0.15) is 18.4 Å². The van der Waals surface area contributed by atoms with Crippen LogP contribution in [0.15, 0.2) is 24.3 Å². The Morgan fingerprint density at radius 3 is 2.94 bits per heavy atom. The maximum absolute atomic E-state index is 13.4. The number of hydrogen-bond acceptors (Lipinski definition) is 2. The van der Waals surface area contributed by atoms with Gasteiger partial charge in [0.05, 0.1) is 12.5 Å². The van der Waals surface area contributed by atoms with Gasteiger partial charge in [-0.15, -0.1) is 0 Å². The van der Waals surface area contributed by atoms with Gasteiger partial charge in [0.2, 0.25) is 5.91 Å². The fraction of sp³-hybridized carbons (Fsp3) is 0.462. The van der Waals surface area contributed by atoms with Crippen LogP contribution in [0.2, 0.25) is 0 Å². The summed E-state index contributed by atoms with van der Waals surface area (Å²) in [5, 5.41) is 9.48. The molecule has 1 fully saturated rings. The first-order chi connectivity index (χ1) is 8.16. The van der Waals surface area contributed by atoms with Crippen molar-refractivity contribution < 1.29 is 14.3 Å². The Morgan fingerprint density at radius 1 is 1.47 bits per heavy atom. The number of likely N-dealkylation sites (tertiary alicyclic amines) is 1. The highest BCUT2D eigenvalue weighted by molar-refractivity contribution is 5.79. The number of nitrogens with zero attached hydrogens (tertiary/aromatic N) is 1. The van der Waals surface area contributed by atoms with Crippen LogP contribution in [0.3, 0.4) is 0 Å². The van der Waals surface area contributed by atoms with Gasteiger partial charge in [-0.1, -0.05) is 18.2 Å². The first-order valence-electron chi connectivity index (χ1n) is 5.86. The lowest BCUT2D eigenvalue weighted by Crippen LogP contribution is -2.42. The van der Waals surface area contributed by atoms with E-state index in [2.05, 4.69) is 0 Å². The molecule has 1 aliphatic rings. The van der Waals surface area contributed by atoms with Crippen LogP contribution < -0.4 is 0 Å². The Balaban J connectivity index is 1.99. The molecule has 0 spiro atoms. The zero-order valence-corrected chi connectivity index (χ0v) is 9.60. The summed E-state index contributed by atoms with van der Waals surface area (Å²) >= 11 is 0. The second-order valence-electron chi connectivity index (χ2n) is 4.40. The number of halogens is 1. The third-order valence-electron chi connectivity index (χ3n) is 3.05. The summed E-state index contributed by atoms with van der Waals surface area (Å²) in [6.45, 7) is 1.03. The maximum Gasteiger partial charge on any atom is 0.227 e. The van der Waals surface area contributed by atoms with Gasteiger partial charge in [-0.05, 0) is 24.5 Å². The molecular weight excluding hydrogens is 221 g/mol. The minimum atomic E-state index is -0.437. The Labute approximate surface area is 99.9 Å². The van der Waals surface area contributed by atoms with Gasteiger partial charge in [-0.3, -0.25) is 4.79 Å². The van der Waals surface area contributed by atoms with E-state index in [0.717, 1.165) is 12.8 Å². The Kier molecular flexibility index (Phi) is 3.74. The van der Waals surface area contributed by atoms with Crippen molar-refractivity contribution in [1.82, 2.24) is 4.90 Å². The van der Waals surface area contributed by atoms with E-state index >= 15 is 0 Å². The molecule has 0 bridgehead atoms. The highest BCUT2D eigenvalue weighted by Crippen LogP contribution is 2.13. The topological polar surface area (TPSA) is 40.5 Å². The van der Waals surface area contributed by atoms with Gasteiger partial charge in [-0.2, -0.15) is 0 Å². The van der Waals surface area contributed by atoms with Crippen molar-refractivity contribution in [3.8, 4) is 0 Å². The minimum absolute atomic E-state index is 0.0688. The average molecular weight is 237 g/mol. The van der Waals surface area contributed by atoms with Crippen molar-refractivity contribution in [2.45, 2.75) is 25.4 Å². The van der Waals surface area contributed by atoms with Gasteiger partial charge >= 0.3 is 0 Å².